The fourth-order valence-electron chi connectivity index (χ4n) is 3.51. The van der Waals surface area contributed by atoms with Crippen LogP contribution in [0.2, 0.25) is 0 Å². The van der Waals surface area contributed by atoms with Crippen LogP contribution < -0.4 is 9.88 Å². The Bertz CT molecular complexity index is 759. The molecule has 3 rings (SSSR count). The molecule has 0 bridgehead atoms. The number of benzene rings is 1. The van der Waals surface area contributed by atoms with Crippen molar-refractivity contribution in [3.05, 3.63) is 29.6 Å². The van der Waals surface area contributed by atoms with E-state index in [9.17, 15) is 26.0 Å². The molecule has 0 aromatic heterocycles. The minimum absolute atomic E-state index is 0.0567. The number of alkyl halides is 3. The highest BCUT2D eigenvalue weighted by Crippen LogP contribution is 2.59. The Morgan fingerprint density at radius 3 is 2.48 bits per heavy atom. The third-order valence-electron chi connectivity index (χ3n) is 5.12. The number of hydrogen-bond acceptors (Lipinski definition) is 3. The molecule has 1 spiro atoms. The highest BCUT2D eigenvalue weighted by Gasteiger charge is 2.55. The van der Waals surface area contributed by atoms with E-state index in [4.69, 9.17) is 9.88 Å². The average Bonchev–Trinajstić information content (AvgIpc) is 3.16. The zero-order valence-corrected chi connectivity index (χ0v) is 14.0. The molecular formula is C15H18F4N2O3S. The molecule has 2 N–H and O–H groups in total. The van der Waals surface area contributed by atoms with Crippen LogP contribution in [0.15, 0.2) is 18.2 Å². The molecule has 1 aliphatic carbocycles. The van der Waals surface area contributed by atoms with Crippen molar-refractivity contribution in [3.8, 4) is 5.75 Å². The fraction of sp³-hybridized carbons (Fsp3) is 0.600. The van der Waals surface area contributed by atoms with E-state index >= 15 is 0 Å². The summed E-state index contributed by atoms with van der Waals surface area (Å²) in [7, 11) is -3.71. The molecule has 25 heavy (non-hydrogen) atoms. The van der Waals surface area contributed by atoms with Gasteiger partial charge in [0.2, 0.25) is 0 Å². The smallest absolute Gasteiger partial charge is 0.420 e. The van der Waals surface area contributed by atoms with Crippen molar-refractivity contribution in [2.75, 3.05) is 19.7 Å². The first-order valence-electron chi connectivity index (χ1n) is 7.79. The van der Waals surface area contributed by atoms with Gasteiger partial charge in [-0.05, 0) is 48.8 Å². The van der Waals surface area contributed by atoms with Crippen LogP contribution in [0, 0.1) is 17.2 Å². The third kappa shape index (κ3) is 3.90. The predicted molar refractivity (Wildman–Crippen MR) is 81.4 cm³/mol. The van der Waals surface area contributed by atoms with Gasteiger partial charge < -0.3 is 4.74 Å². The fourth-order valence-corrected chi connectivity index (χ4v) is 4.20. The lowest BCUT2D eigenvalue weighted by Crippen LogP contribution is -2.43. The standard InChI is InChI=1S/C15H18F4N2O3S/c16-11-1-2-13(12(7-11)15(17,18)19)24-9-10-8-14(10)3-5-21(6-4-14)25(20,22)23/h1-2,7,10H,3-6,8-9H2,(H2,20,22,23). The molecule has 140 valence electrons. The Balaban J connectivity index is 1.60. The summed E-state index contributed by atoms with van der Waals surface area (Å²) in [6, 6.07) is 2.33. The van der Waals surface area contributed by atoms with Crippen LogP contribution in [-0.4, -0.2) is 32.4 Å². The summed E-state index contributed by atoms with van der Waals surface area (Å²) in [6.07, 6.45) is -2.71. The van der Waals surface area contributed by atoms with Crippen molar-refractivity contribution in [2.24, 2.45) is 16.5 Å². The molecule has 0 radical (unpaired) electrons. The minimum atomic E-state index is -4.69. The van der Waals surface area contributed by atoms with E-state index in [1.807, 2.05) is 0 Å². The van der Waals surface area contributed by atoms with Gasteiger partial charge in [0, 0.05) is 13.1 Å². The van der Waals surface area contributed by atoms with Crippen LogP contribution in [0.5, 0.6) is 5.75 Å². The number of halogens is 4. The summed E-state index contributed by atoms with van der Waals surface area (Å²) >= 11 is 0. The largest absolute Gasteiger partial charge is 0.493 e. The molecule has 1 atom stereocenters. The van der Waals surface area contributed by atoms with Crippen LogP contribution in [0.1, 0.15) is 24.8 Å². The number of piperidine rings is 1. The van der Waals surface area contributed by atoms with Gasteiger partial charge in [-0.25, -0.2) is 9.53 Å². The lowest BCUT2D eigenvalue weighted by atomic mass is 9.92. The molecule has 1 saturated carbocycles. The van der Waals surface area contributed by atoms with Crippen LogP contribution >= 0.6 is 0 Å². The summed E-state index contributed by atoms with van der Waals surface area (Å²) < 4.78 is 81.1. The third-order valence-corrected chi connectivity index (χ3v) is 6.21. The SMILES string of the molecule is NS(=O)(=O)N1CCC2(CC1)CC2COc1ccc(F)cc1C(F)(F)F. The van der Waals surface area contributed by atoms with Gasteiger partial charge in [-0.2, -0.15) is 25.9 Å². The summed E-state index contributed by atoms with van der Waals surface area (Å²) in [5.74, 6) is -1.31. The van der Waals surface area contributed by atoms with Gasteiger partial charge in [0.05, 0.1) is 6.61 Å². The second-order valence-electron chi connectivity index (χ2n) is 6.66. The first-order chi connectivity index (χ1) is 11.5. The van der Waals surface area contributed by atoms with E-state index < -0.39 is 33.5 Å². The summed E-state index contributed by atoms with van der Waals surface area (Å²) in [4.78, 5) is 0. The lowest BCUT2D eigenvalue weighted by molar-refractivity contribution is -0.139. The van der Waals surface area contributed by atoms with Crippen LogP contribution in [0.3, 0.4) is 0 Å². The molecule has 2 aliphatic rings. The van der Waals surface area contributed by atoms with Gasteiger partial charge in [-0.3, -0.25) is 0 Å². The molecule has 2 fully saturated rings. The zero-order valence-electron chi connectivity index (χ0n) is 13.2. The van der Waals surface area contributed by atoms with E-state index in [1.54, 1.807) is 0 Å². The number of rotatable bonds is 4. The number of nitrogens with zero attached hydrogens (tertiary/aromatic N) is 1. The molecule has 1 saturated heterocycles. The number of hydrogen-bond donors (Lipinski definition) is 1. The molecule has 1 aromatic carbocycles. The Morgan fingerprint density at radius 2 is 1.92 bits per heavy atom. The van der Waals surface area contributed by atoms with E-state index in [0.29, 0.717) is 32.0 Å². The second kappa shape index (κ2) is 6.10. The first kappa shape index (κ1) is 18.4. The molecule has 10 heteroatoms. The molecular weight excluding hydrogens is 364 g/mol. The maximum atomic E-state index is 13.1. The Hall–Kier alpha value is -1.39. The Labute approximate surface area is 142 Å². The molecule has 1 aromatic rings. The van der Waals surface area contributed by atoms with E-state index in [0.717, 1.165) is 18.6 Å². The van der Waals surface area contributed by atoms with Gasteiger partial charge in [0.15, 0.2) is 0 Å². The Morgan fingerprint density at radius 1 is 1.28 bits per heavy atom. The monoisotopic (exact) mass is 382 g/mol. The first-order valence-corrected chi connectivity index (χ1v) is 9.29. The molecule has 1 heterocycles. The van der Waals surface area contributed by atoms with Crippen molar-refractivity contribution < 1.29 is 30.7 Å². The number of ether oxygens (including phenoxy) is 1. The van der Waals surface area contributed by atoms with Crippen molar-refractivity contribution >= 4 is 10.2 Å². The van der Waals surface area contributed by atoms with Gasteiger partial charge in [-0.1, -0.05) is 0 Å². The van der Waals surface area contributed by atoms with Gasteiger partial charge in [0.1, 0.15) is 17.1 Å². The number of nitrogens with two attached hydrogens (primary N) is 1. The van der Waals surface area contributed by atoms with Crippen molar-refractivity contribution in [1.82, 2.24) is 4.31 Å². The van der Waals surface area contributed by atoms with E-state index in [1.165, 1.54) is 4.31 Å². The highest BCUT2D eigenvalue weighted by molar-refractivity contribution is 7.86. The van der Waals surface area contributed by atoms with E-state index in [-0.39, 0.29) is 17.9 Å². The minimum Gasteiger partial charge on any atom is -0.493 e. The quantitative estimate of drug-likeness (QED) is 0.814. The Kier molecular flexibility index (Phi) is 4.49. The van der Waals surface area contributed by atoms with Crippen LogP contribution in [0.4, 0.5) is 17.6 Å². The van der Waals surface area contributed by atoms with Gasteiger partial charge >= 0.3 is 6.18 Å². The van der Waals surface area contributed by atoms with Crippen molar-refractivity contribution in [2.45, 2.75) is 25.4 Å². The molecule has 5 nitrogen and oxygen atoms in total. The second-order valence-corrected chi connectivity index (χ2v) is 8.20. The molecule has 0 amide bonds. The topological polar surface area (TPSA) is 72.6 Å². The maximum absolute atomic E-state index is 13.1. The van der Waals surface area contributed by atoms with Crippen LogP contribution in [0.25, 0.3) is 0 Å². The maximum Gasteiger partial charge on any atom is 0.420 e. The van der Waals surface area contributed by atoms with Crippen molar-refractivity contribution in [1.29, 1.82) is 0 Å². The summed E-state index contributed by atoms with van der Waals surface area (Å²) in [6.45, 7) is 0.698. The zero-order chi connectivity index (χ0) is 18.5. The van der Waals surface area contributed by atoms with Gasteiger partial charge in [-0.15, -0.1) is 0 Å². The lowest BCUT2D eigenvalue weighted by Gasteiger charge is -2.30. The summed E-state index contributed by atoms with van der Waals surface area (Å²) in [5, 5.41) is 5.09. The predicted octanol–water partition coefficient (Wildman–Crippen LogP) is 2.53. The highest BCUT2D eigenvalue weighted by atomic mass is 32.2. The average molecular weight is 382 g/mol. The van der Waals surface area contributed by atoms with E-state index in [2.05, 4.69) is 0 Å². The molecule has 1 unspecified atom stereocenters. The van der Waals surface area contributed by atoms with Gasteiger partial charge in [0.25, 0.3) is 10.2 Å². The normalized spacial score (nSPS) is 23.6. The van der Waals surface area contributed by atoms with Crippen molar-refractivity contribution in [3.63, 3.8) is 0 Å². The summed E-state index contributed by atoms with van der Waals surface area (Å²) in [5.41, 5.74) is -1.23. The molecule has 1 aliphatic heterocycles. The van der Waals surface area contributed by atoms with Crippen LogP contribution in [-0.2, 0) is 16.4 Å².